The number of nitrogens with one attached hydrogen (secondary N) is 3. The zero-order valence-electron chi connectivity index (χ0n) is 19.4. The molecular formula is C22H33N5O7. The predicted octanol–water partition coefficient (Wildman–Crippen LogP) is -1.99. The zero-order valence-corrected chi connectivity index (χ0v) is 19.4. The highest BCUT2D eigenvalue weighted by Gasteiger charge is 2.32. The van der Waals surface area contributed by atoms with Gasteiger partial charge in [-0.15, -0.1) is 0 Å². The number of carboxylic acid groups (broad SMARTS) is 1. The van der Waals surface area contributed by atoms with Crippen LogP contribution in [0.5, 0.6) is 0 Å². The average Bonchev–Trinajstić information content (AvgIpc) is 2.75. The molecule has 4 amide bonds. The van der Waals surface area contributed by atoms with Crippen LogP contribution in [-0.4, -0.2) is 70.1 Å². The van der Waals surface area contributed by atoms with Crippen LogP contribution in [0.3, 0.4) is 0 Å². The Morgan fingerprint density at radius 2 is 1.41 bits per heavy atom. The minimum atomic E-state index is -1.48. The molecule has 5 unspecified atom stereocenters. The Morgan fingerprint density at radius 3 is 1.88 bits per heavy atom. The van der Waals surface area contributed by atoms with Crippen LogP contribution in [0.2, 0.25) is 0 Å². The zero-order chi connectivity index (χ0) is 26.0. The van der Waals surface area contributed by atoms with E-state index in [0.29, 0.717) is 5.56 Å². The van der Waals surface area contributed by atoms with Gasteiger partial charge in [0.25, 0.3) is 0 Å². The van der Waals surface area contributed by atoms with E-state index in [4.69, 9.17) is 11.5 Å². The summed E-state index contributed by atoms with van der Waals surface area (Å²) in [6.45, 7) is 4.48. The Hall–Kier alpha value is -3.51. The predicted molar refractivity (Wildman–Crippen MR) is 122 cm³/mol. The highest BCUT2D eigenvalue weighted by atomic mass is 16.4. The number of carbonyl (C=O) groups is 5. The molecule has 0 aliphatic rings. The van der Waals surface area contributed by atoms with Crippen molar-refractivity contribution >= 4 is 29.6 Å². The lowest BCUT2D eigenvalue weighted by molar-refractivity contribution is -0.143. The number of carbonyl (C=O) groups excluding carboxylic acids is 4. The molecule has 0 spiro atoms. The van der Waals surface area contributed by atoms with Crippen LogP contribution in [0.1, 0.15) is 32.8 Å². The minimum Gasteiger partial charge on any atom is -0.480 e. The number of benzene rings is 1. The van der Waals surface area contributed by atoms with Gasteiger partial charge in [-0.2, -0.15) is 0 Å². The first-order valence-corrected chi connectivity index (χ1v) is 10.7. The summed E-state index contributed by atoms with van der Waals surface area (Å²) in [4.78, 5) is 61.1. The smallest absolute Gasteiger partial charge is 0.326 e. The van der Waals surface area contributed by atoms with Crippen LogP contribution >= 0.6 is 0 Å². The Morgan fingerprint density at radius 1 is 0.882 bits per heavy atom. The second-order valence-electron chi connectivity index (χ2n) is 8.32. The van der Waals surface area contributed by atoms with Gasteiger partial charge in [-0.3, -0.25) is 19.2 Å². The van der Waals surface area contributed by atoms with Gasteiger partial charge in [-0.05, 0) is 18.4 Å². The molecule has 0 saturated carbocycles. The summed E-state index contributed by atoms with van der Waals surface area (Å²) >= 11 is 0. The fourth-order valence-electron chi connectivity index (χ4n) is 3.00. The van der Waals surface area contributed by atoms with E-state index in [1.165, 1.54) is 6.92 Å². The molecule has 1 aromatic rings. The maximum absolute atomic E-state index is 13.0. The van der Waals surface area contributed by atoms with E-state index in [1.807, 2.05) is 0 Å². The molecule has 0 fully saturated rings. The number of hydrogen-bond donors (Lipinski definition) is 7. The summed E-state index contributed by atoms with van der Waals surface area (Å²) in [6, 6.07) is 3.39. The van der Waals surface area contributed by atoms with E-state index >= 15 is 0 Å². The third kappa shape index (κ3) is 9.16. The third-order valence-electron chi connectivity index (χ3n) is 5.01. The third-order valence-corrected chi connectivity index (χ3v) is 5.01. The summed E-state index contributed by atoms with van der Waals surface area (Å²) in [5.41, 5.74) is 11.5. The molecule has 12 heteroatoms. The second kappa shape index (κ2) is 13.3. The molecule has 0 saturated heterocycles. The molecule has 0 aromatic heterocycles. The van der Waals surface area contributed by atoms with Gasteiger partial charge in [-0.1, -0.05) is 44.2 Å². The number of rotatable bonds is 13. The van der Waals surface area contributed by atoms with Crippen molar-refractivity contribution in [2.24, 2.45) is 17.4 Å². The van der Waals surface area contributed by atoms with Gasteiger partial charge in [0.05, 0.1) is 12.5 Å². The summed E-state index contributed by atoms with van der Waals surface area (Å²) in [6.07, 6.45) is -1.77. The lowest BCUT2D eigenvalue weighted by atomic mass is 10.0. The molecule has 1 rings (SSSR count). The van der Waals surface area contributed by atoms with Crippen LogP contribution in [0, 0.1) is 5.92 Å². The quantitative estimate of drug-likeness (QED) is 0.168. The molecular weight excluding hydrogens is 446 g/mol. The largest absolute Gasteiger partial charge is 0.480 e. The minimum absolute atomic E-state index is 0.0135. The van der Waals surface area contributed by atoms with Crippen LogP contribution < -0.4 is 27.4 Å². The van der Waals surface area contributed by atoms with Crippen molar-refractivity contribution in [1.29, 1.82) is 0 Å². The van der Waals surface area contributed by atoms with Gasteiger partial charge < -0.3 is 37.6 Å². The van der Waals surface area contributed by atoms with Crippen molar-refractivity contribution in [3.8, 4) is 0 Å². The molecule has 0 radical (unpaired) electrons. The van der Waals surface area contributed by atoms with Crippen molar-refractivity contribution in [3.63, 3.8) is 0 Å². The highest BCUT2D eigenvalue weighted by molar-refractivity contribution is 5.96. The van der Waals surface area contributed by atoms with Crippen LogP contribution in [0.25, 0.3) is 0 Å². The van der Waals surface area contributed by atoms with Gasteiger partial charge in [-0.25, -0.2) is 4.79 Å². The molecule has 0 bridgehead atoms. The van der Waals surface area contributed by atoms with Gasteiger partial charge in [0.2, 0.25) is 23.6 Å². The number of amides is 4. The lowest BCUT2D eigenvalue weighted by Gasteiger charge is -2.26. The van der Waals surface area contributed by atoms with Crippen molar-refractivity contribution in [2.45, 2.75) is 63.9 Å². The average molecular weight is 480 g/mol. The standard InChI is InChI=1S/C22H33N5O7/c1-11(2)18(22(33)34)27-20(31)15(10-16(23)29)25-19(30)14(9-13-7-5-4-6-8-13)26-21(32)17(24)12(3)28/h4-8,11-12,14-15,17-18,28H,9-10,24H2,1-3H3,(H2,23,29)(H,25,30)(H,26,32)(H,27,31)(H,33,34). The molecule has 1 aromatic carbocycles. The van der Waals surface area contributed by atoms with E-state index in [1.54, 1.807) is 44.2 Å². The monoisotopic (exact) mass is 479 g/mol. The maximum atomic E-state index is 13.0. The van der Waals surface area contributed by atoms with E-state index in [-0.39, 0.29) is 6.42 Å². The Bertz CT molecular complexity index is 876. The van der Waals surface area contributed by atoms with Crippen LogP contribution in [0.15, 0.2) is 30.3 Å². The molecule has 0 heterocycles. The fourth-order valence-corrected chi connectivity index (χ4v) is 3.00. The maximum Gasteiger partial charge on any atom is 0.326 e. The Kier molecular flexibility index (Phi) is 11.1. The summed E-state index contributed by atoms with van der Waals surface area (Å²) < 4.78 is 0. The number of nitrogens with two attached hydrogens (primary N) is 2. The van der Waals surface area contributed by atoms with Gasteiger partial charge in [0.15, 0.2) is 0 Å². The second-order valence-corrected chi connectivity index (χ2v) is 8.32. The first kappa shape index (κ1) is 28.5. The summed E-state index contributed by atoms with van der Waals surface area (Å²) in [5, 5.41) is 26.0. The summed E-state index contributed by atoms with van der Waals surface area (Å²) in [7, 11) is 0. The molecule has 34 heavy (non-hydrogen) atoms. The van der Waals surface area contributed by atoms with Gasteiger partial charge in [0.1, 0.15) is 24.2 Å². The summed E-state index contributed by atoms with van der Waals surface area (Å²) in [5.74, 6) is -5.21. The number of primary amides is 1. The molecule has 188 valence electrons. The van der Waals surface area contributed by atoms with E-state index < -0.39 is 72.2 Å². The Balaban J connectivity index is 3.12. The first-order chi connectivity index (χ1) is 15.8. The number of carboxylic acids is 1. The number of aliphatic hydroxyl groups excluding tert-OH is 1. The topological polar surface area (TPSA) is 214 Å². The first-order valence-electron chi connectivity index (χ1n) is 10.7. The van der Waals surface area contributed by atoms with Crippen molar-refractivity contribution in [2.75, 3.05) is 0 Å². The molecule has 5 atom stereocenters. The van der Waals surface area contributed by atoms with Crippen molar-refractivity contribution in [3.05, 3.63) is 35.9 Å². The van der Waals surface area contributed by atoms with E-state index in [2.05, 4.69) is 16.0 Å². The van der Waals surface area contributed by atoms with Gasteiger partial charge in [0, 0.05) is 6.42 Å². The number of aliphatic hydroxyl groups is 1. The lowest BCUT2D eigenvalue weighted by Crippen LogP contribution is -2.59. The normalized spacial score (nSPS) is 15.4. The van der Waals surface area contributed by atoms with Gasteiger partial charge >= 0.3 is 5.97 Å². The SMILES string of the molecule is CC(C)C(NC(=O)C(CC(N)=O)NC(=O)C(Cc1ccccc1)NC(=O)C(N)C(C)O)C(=O)O. The molecule has 0 aliphatic carbocycles. The fraction of sp³-hybridized carbons (Fsp3) is 0.500. The number of aliphatic carboxylic acids is 1. The highest BCUT2D eigenvalue weighted by Crippen LogP contribution is 2.07. The number of hydrogen-bond acceptors (Lipinski definition) is 7. The van der Waals surface area contributed by atoms with Crippen molar-refractivity contribution < 1.29 is 34.2 Å². The molecule has 9 N–H and O–H groups in total. The Labute approximate surface area is 197 Å². The van der Waals surface area contributed by atoms with Crippen LogP contribution in [0.4, 0.5) is 0 Å². The van der Waals surface area contributed by atoms with Crippen molar-refractivity contribution in [1.82, 2.24) is 16.0 Å². The van der Waals surface area contributed by atoms with E-state index in [9.17, 15) is 34.2 Å². The molecule has 12 nitrogen and oxygen atoms in total. The van der Waals surface area contributed by atoms with Crippen LogP contribution in [-0.2, 0) is 30.4 Å². The molecule has 0 aliphatic heterocycles. The van der Waals surface area contributed by atoms with E-state index in [0.717, 1.165) is 0 Å².